The topological polar surface area (TPSA) is 59.0 Å². The number of benzene rings is 3. The lowest BCUT2D eigenvalue weighted by atomic mass is 9.89. The van der Waals surface area contributed by atoms with Crippen LogP contribution in [0.3, 0.4) is 0 Å². The van der Waals surface area contributed by atoms with Gasteiger partial charge in [-0.25, -0.2) is 0 Å². The molecule has 1 saturated heterocycles. The molecule has 1 amide bonds. The standard InChI is InChI=1S/C29H29Cl2NO4/c1-28(2,34)22-7-12-26-25(15-22)27(33)32(16-19-3-8-23(30)9-4-19)29(26,21-5-10-24(31)11-6-21)36-18-20-13-14-35-17-20/h3-12,15,20,34H,13-14,16-18H2,1-2H3/t20?,29-/m1/s1. The number of rotatable bonds is 7. The van der Waals surface area contributed by atoms with Gasteiger partial charge in [0.15, 0.2) is 5.72 Å². The summed E-state index contributed by atoms with van der Waals surface area (Å²) >= 11 is 12.4. The number of amides is 1. The van der Waals surface area contributed by atoms with Crippen LogP contribution in [0.5, 0.6) is 0 Å². The van der Waals surface area contributed by atoms with Crippen molar-refractivity contribution in [3.05, 3.63) is 105 Å². The van der Waals surface area contributed by atoms with Crippen molar-refractivity contribution in [2.24, 2.45) is 5.92 Å². The fourth-order valence-corrected chi connectivity index (χ4v) is 5.22. The van der Waals surface area contributed by atoms with E-state index in [-0.39, 0.29) is 11.8 Å². The molecule has 0 aromatic heterocycles. The van der Waals surface area contributed by atoms with Crippen molar-refractivity contribution >= 4 is 29.1 Å². The lowest BCUT2D eigenvalue weighted by Crippen LogP contribution is -2.47. The van der Waals surface area contributed by atoms with Crippen molar-refractivity contribution in [2.75, 3.05) is 19.8 Å². The van der Waals surface area contributed by atoms with Crippen molar-refractivity contribution in [3.8, 4) is 0 Å². The highest BCUT2D eigenvalue weighted by Gasteiger charge is 2.52. The van der Waals surface area contributed by atoms with E-state index in [1.165, 1.54) is 0 Å². The molecule has 2 atom stereocenters. The number of aliphatic hydroxyl groups is 1. The zero-order chi connectivity index (χ0) is 25.5. The van der Waals surface area contributed by atoms with Crippen LogP contribution in [0.25, 0.3) is 0 Å². The summed E-state index contributed by atoms with van der Waals surface area (Å²) in [5.41, 5.74) is 1.40. The van der Waals surface area contributed by atoms with Gasteiger partial charge in [-0.05, 0) is 61.7 Å². The first-order valence-corrected chi connectivity index (χ1v) is 12.9. The summed E-state index contributed by atoms with van der Waals surface area (Å²) in [4.78, 5) is 15.9. The molecule has 188 valence electrons. The first kappa shape index (κ1) is 25.2. The van der Waals surface area contributed by atoms with Crippen LogP contribution in [-0.4, -0.2) is 35.7 Å². The molecule has 0 aliphatic carbocycles. The number of nitrogens with zero attached hydrogens (tertiary/aromatic N) is 1. The normalized spacial score (nSPS) is 21.8. The quantitative estimate of drug-likeness (QED) is 0.403. The number of carbonyl (C=O) groups excluding carboxylic acids is 1. The first-order chi connectivity index (χ1) is 17.2. The first-order valence-electron chi connectivity index (χ1n) is 12.1. The number of carbonyl (C=O) groups is 1. The summed E-state index contributed by atoms with van der Waals surface area (Å²) in [6.07, 6.45) is 0.909. The van der Waals surface area contributed by atoms with E-state index >= 15 is 0 Å². The minimum absolute atomic E-state index is 0.163. The molecule has 7 heteroatoms. The van der Waals surface area contributed by atoms with E-state index in [4.69, 9.17) is 32.7 Å². The van der Waals surface area contributed by atoms with Crippen molar-refractivity contribution in [3.63, 3.8) is 0 Å². The molecule has 36 heavy (non-hydrogen) atoms. The second-order valence-corrected chi connectivity index (χ2v) is 10.9. The zero-order valence-electron chi connectivity index (χ0n) is 20.3. The monoisotopic (exact) mass is 525 g/mol. The molecule has 1 N–H and O–H groups in total. The molecule has 5 nitrogen and oxygen atoms in total. The number of ether oxygens (including phenoxy) is 2. The fraction of sp³-hybridized carbons (Fsp3) is 0.345. The highest BCUT2D eigenvalue weighted by Crippen LogP contribution is 2.47. The van der Waals surface area contributed by atoms with E-state index in [9.17, 15) is 9.90 Å². The average molecular weight is 526 g/mol. The van der Waals surface area contributed by atoms with Gasteiger partial charge in [-0.3, -0.25) is 9.69 Å². The van der Waals surface area contributed by atoms with Crippen LogP contribution in [-0.2, 0) is 27.3 Å². The molecule has 1 unspecified atom stereocenters. The highest BCUT2D eigenvalue weighted by atomic mass is 35.5. The van der Waals surface area contributed by atoms with Gasteiger partial charge in [-0.15, -0.1) is 0 Å². The van der Waals surface area contributed by atoms with E-state index in [1.807, 2.05) is 60.7 Å². The van der Waals surface area contributed by atoms with Gasteiger partial charge < -0.3 is 14.6 Å². The molecule has 0 bridgehead atoms. The van der Waals surface area contributed by atoms with Crippen LogP contribution in [0.2, 0.25) is 10.0 Å². The smallest absolute Gasteiger partial charge is 0.257 e. The van der Waals surface area contributed by atoms with Gasteiger partial charge in [0.05, 0.1) is 18.8 Å². The predicted octanol–water partition coefficient (Wildman–Crippen LogP) is 6.13. The Labute approximate surface area is 221 Å². The SMILES string of the molecule is CC(C)(O)c1ccc2c(c1)C(=O)N(Cc1ccc(Cl)cc1)[C@@]2(OCC1CCOC1)c1ccc(Cl)cc1. The molecule has 2 heterocycles. The highest BCUT2D eigenvalue weighted by molar-refractivity contribution is 6.30. The minimum Gasteiger partial charge on any atom is -0.386 e. The molecule has 2 aliphatic heterocycles. The third-order valence-electron chi connectivity index (χ3n) is 6.99. The van der Waals surface area contributed by atoms with Crippen LogP contribution in [0.15, 0.2) is 66.7 Å². The molecular weight excluding hydrogens is 497 g/mol. The molecule has 0 radical (unpaired) electrons. The summed E-state index contributed by atoms with van der Waals surface area (Å²) in [5, 5.41) is 11.9. The third kappa shape index (κ3) is 4.67. The molecule has 3 aromatic rings. The third-order valence-corrected chi connectivity index (χ3v) is 7.49. The lowest BCUT2D eigenvalue weighted by molar-refractivity contribution is -0.121. The van der Waals surface area contributed by atoms with Gasteiger partial charge in [-0.1, -0.05) is 59.6 Å². The van der Waals surface area contributed by atoms with E-state index < -0.39 is 11.3 Å². The largest absolute Gasteiger partial charge is 0.386 e. The second kappa shape index (κ2) is 9.81. The maximum atomic E-state index is 14.1. The molecule has 3 aromatic carbocycles. The Bertz CT molecular complexity index is 1250. The van der Waals surface area contributed by atoms with E-state index in [2.05, 4.69) is 0 Å². The van der Waals surface area contributed by atoms with Crippen LogP contribution in [0.1, 0.15) is 52.9 Å². The Balaban J connectivity index is 1.68. The summed E-state index contributed by atoms with van der Waals surface area (Å²) < 4.78 is 12.4. The van der Waals surface area contributed by atoms with Crippen LogP contribution in [0.4, 0.5) is 0 Å². The van der Waals surface area contributed by atoms with Gasteiger partial charge in [0.25, 0.3) is 5.91 Å². The lowest BCUT2D eigenvalue weighted by Gasteiger charge is -2.40. The number of halogens is 2. The van der Waals surface area contributed by atoms with Gasteiger partial charge >= 0.3 is 0 Å². The molecule has 0 spiro atoms. The van der Waals surface area contributed by atoms with Gasteiger partial charge in [0.1, 0.15) is 0 Å². The molecule has 1 fully saturated rings. The van der Waals surface area contributed by atoms with Crippen molar-refractivity contribution in [1.82, 2.24) is 4.90 Å². The van der Waals surface area contributed by atoms with Crippen LogP contribution < -0.4 is 0 Å². The molecular formula is C29H29Cl2NO4. The molecule has 0 saturated carbocycles. The van der Waals surface area contributed by atoms with Crippen molar-refractivity contribution in [1.29, 1.82) is 0 Å². The maximum absolute atomic E-state index is 14.1. The van der Waals surface area contributed by atoms with E-state index in [1.54, 1.807) is 24.8 Å². The predicted molar refractivity (Wildman–Crippen MR) is 140 cm³/mol. The van der Waals surface area contributed by atoms with Crippen LogP contribution >= 0.6 is 23.2 Å². The van der Waals surface area contributed by atoms with Gasteiger partial charge in [0.2, 0.25) is 0 Å². The Kier molecular flexibility index (Phi) is 6.88. The molecule has 5 rings (SSSR count). The molecule has 2 aliphatic rings. The Morgan fingerprint density at radius 1 is 1.06 bits per heavy atom. The summed E-state index contributed by atoms with van der Waals surface area (Å²) in [6.45, 7) is 5.50. The fourth-order valence-electron chi connectivity index (χ4n) is 4.97. The Hall–Kier alpha value is -2.41. The zero-order valence-corrected chi connectivity index (χ0v) is 21.9. The van der Waals surface area contributed by atoms with Crippen molar-refractivity contribution < 1.29 is 19.4 Å². The summed E-state index contributed by atoms with van der Waals surface area (Å²) in [6, 6.07) is 20.5. The summed E-state index contributed by atoms with van der Waals surface area (Å²) in [7, 11) is 0. The van der Waals surface area contributed by atoms with Crippen molar-refractivity contribution in [2.45, 2.75) is 38.1 Å². The van der Waals surface area contributed by atoms with E-state index in [0.29, 0.717) is 47.5 Å². The maximum Gasteiger partial charge on any atom is 0.257 e. The minimum atomic E-state index is -1.17. The number of hydrogen-bond donors (Lipinski definition) is 1. The van der Waals surface area contributed by atoms with E-state index in [0.717, 1.165) is 23.1 Å². The number of hydrogen-bond acceptors (Lipinski definition) is 4. The number of fused-ring (bicyclic) bond motifs is 1. The summed E-state index contributed by atoms with van der Waals surface area (Å²) in [5.74, 6) is 0.0741. The second-order valence-electron chi connectivity index (χ2n) is 10.0. The van der Waals surface area contributed by atoms with Gasteiger partial charge in [0, 0.05) is 45.8 Å². The van der Waals surface area contributed by atoms with Gasteiger partial charge in [-0.2, -0.15) is 0 Å². The van der Waals surface area contributed by atoms with Crippen LogP contribution in [0, 0.1) is 5.92 Å². The Morgan fingerprint density at radius 3 is 2.33 bits per heavy atom. The average Bonchev–Trinajstić information content (AvgIpc) is 3.45. The Morgan fingerprint density at radius 2 is 1.72 bits per heavy atom.